The molecule has 138 valence electrons. The topological polar surface area (TPSA) is 71.0 Å². The maximum absolute atomic E-state index is 12.7. The van der Waals surface area contributed by atoms with Gasteiger partial charge in [-0.3, -0.25) is 9.78 Å². The van der Waals surface area contributed by atoms with Crippen molar-refractivity contribution in [3.63, 3.8) is 0 Å². The predicted molar refractivity (Wildman–Crippen MR) is 110 cm³/mol. The summed E-state index contributed by atoms with van der Waals surface area (Å²) in [6.07, 6.45) is 3.12. The molecule has 0 unspecified atom stereocenters. The molecule has 0 aliphatic heterocycles. The number of hydrogen-bond donors (Lipinski definition) is 1. The van der Waals surface area contributed by atoms with E-state index in [4.69, 9.17) is 0 Å². The lowest BCUT2D eigenvalue weighted by molar-refractivity contribution is 0.102. The van der Waals surface area contributed by atoms with E-state index < -0.39 is 0 Å². The Morgan fingerprint density at radius 2 is 1.79 bits per heavy atom. The molecule has 0 aliphatic rings. The number of benzene rings is 2. The maximum atomic E-state index is 12.7. The van der Waals surface area contributed by atoms with E-state index in [1.54, 1.807) is 12.3 Å². The van der Waals surface area contributed by atoms with Crippen LogP contribution in [0.5, 0.6) is 0 Å². The van der Waals surface area contributed by atoms with Gasteiger partial charge in [-0.1, -0.05) is 48.5 Å². The van der Waals surface area contributed by atoms with E-state index >= 15 is 0 Å². The van der Waals surface area contributed by atoms with Gasteiger partial charge in [0.15, 0.2) is 0 Å². The third-order valence-electron chi connectivity index (χ3n) is 4.42. The minimum Gasteiger partial charge on any atom is -0.355 e. The molecule has 4 rings (SSSR count). The van der Waals surface area contributed by atoms with E-state index in [-0.39, 0.29) is 5.91 Å². The number of carbonyl (C=O) groups is 1. The first-order valence-electron chi connectivity index (χ1n) is 8.93. The third-order valence-corrected chi connectivity index (χ3v) is 4.42. The highest BCUT2D eigenvalue weighted by Gasteiger charge is 2.13. The molecule has 0 fully saturated rings. The number of nitrogens with one attached hydrogen (secondary N) is 1. The second kappa shape index (κ2) is 7.84. The summed E-state index contributed by atoms with van der Waals surface area (Å²) in [5.41, 5.74) is 2.86. The number of carbonyl (C=O) groups excluding carboxylic acids is 1. The number of nitrogens with zero attached hydrogens (tertiary/aromatic N) is 4. The molecule has 6 heteroatoms. The quantitative estimate of drug-likeness (QED) is 0.577. The van der Waals surface area contributed by atoms with Gasteiger partial charge >= 0.3 is 0 Å². The Balaban J connectivity index is 1.54. The van der Waals surface area contributed by atoms with Crippen LogP contribution in [0, 0.1) is 0 Å². The van der Waals surface area contributed by atoms with Crippen molar-refractivity contribution in [1.29, 1.82) is 0 Å². The molecule has 0 spiro atoms. The van der Waals surface area contributed by atoms with Gasteiger partial charge < -0.3 is 10.2 Å². The number of rotatable bonds is 5. The molecule has 28 heavy (non-hydrogen) atoms. The van der Waals surface area contributed by atoms with Gasteiger partial charge in [-0.2, -0.15) is 0 Å². The van der Waals surface area contributed by atoms with E-state index in [1.165, 1.54) is 6.33 Å². The molecule has 2 heterocycles. The lowest BCUT2D eigenvalue weighted by atomic mass is 10.2. The number of anilines is 2. The average molecular weight is 369 g/mol. The Morgan fingerprint density at radius 1 is 0.964 bits per heavy atom. The zero-order valence-electron chi connectivity index (χ0n) is 15.4. The van der Waals surface area contributed by atoms with Crippen molar-refractivity contribution in [2.24, 2.45) is 0 Å². The minimum absolute atomic E-state index is 0.296. The van der Waals surface area contributed by atoms with Gasteiger partial charge in [0, 0.05) is 31.2 Å². The van der Waals surface area contributed by atoms with Crippen LogP contribution in [0.15, 0.2) is 79.3 Å². The zero-order chi connectivity index (χ0) is 19.3. The van der Waals surface area contributed by atoms with Crippen LogP contribution in [0.1, 0.15) is 16.1 Å². The van der Waals surface area contributed by atoms with Gasteiger partial charge in [-0.05, 0) is 17.7 Å². The second-order valence-corrected chi connectivity index (χ2v) is 6.44. The molecule has 2 aromatic heterocycles. The van der Waals surface area contributed by atoms with Crippen LogP contribution in [0.4, 0.5) is 11.5 Å². The highest BCUT2D eigenvalue weighted by Crippen LogP contribution is 2.21. The Labute approximate surface area is 162 Å². The first-order valence-corrected chi connectivity index (χ1v) is 8.93. The largest absolute Gasteiger partial charge is 0.355 e. The fourth-order valence-corrected chi connectivity index (χ4v) is 3.01. The normalized spacial score (nSPS) is 10.6. The minimum atomic E-state index is -0.296. The highest BCUT2D eigenvalue weighted by molar-refractivity contribution is 6.07. The van der Waals surface area contributed by atoms with E-state index in [2.05, 4.69) is 32.4 Å². The number of fused-ring (bicyclic) bond motifs is 1. The summed E-state index contributed by atoms with van der Waals surface area (Å²) in [6, 6.07) is 21.3. The number of hydrogen-bond acceptors (Lipinski definition) is 5. The molecule has 0 bridgehead atoms. The highest BCUT2D eigenvalue weighted by atomic mass is 16.1. The van der Waals surface area contributed by atoms with Crippen LogP contribution in [-0.2, 0) is 6.54 Å². The van der Waals surface area contributed by atoms with Crippen molar-refractivity contribution in [2.75, 3.05) is 17.3 Å². The van der Waals surface area contributed by atoms with Gasteiger partial charge in [0.05, 0.1) is 11.2 Å². The van der Waals surface area contributed by atoms with Gasteiger partial charge in [-0.25, -0.2) is 9.97 Å². The summed E-state index contributed by atoms with van der Waals surface area (Å²) in [5.74, 6) is 0.384. The Kier molecular flexibility index (Phi) is 4.93. The van der Waals surface area contributed by atoms with Crippen molar-refractivity contribution < 1.29 is 4.79 Å². The maximum Gasteiger partial charge on any atom is 0.274 e. The van der Waals surface area contributed by atoms with E-state index in [0.717, 1.165) is 16.5 Å². The molecular weight excluding hydrogens is 350 g/mol. The van der Waals surface area contributed by atoms with E-state index in [1.807, 2.05) is 60.5 Å². The smallest absolute Gasteiger partial charge is 0.274 e. The van der Waals surface area contributed by atoms with Gasteiger partial charge in [-0.15, -0.1) is 0 Å². The first-order chi connectivity index (χ1) is 13.7. The Bertz CT molecular complexity index is 1110. The molecule has 0 atom stereocenters. The van der Waals surface area contributed by atoms with Crippen LogP contribution < -0.4 is 10.2 Å². The molecule has 2 aromatic carbocycles. The molecule has 4 aromatic rings. The van der Waals surface area contributed by atoms with Crippen molar-refractivity contribution in [1.82, 2.24) is 15.0 Å². The number of para-hydroxylation sites is 1. The average Bonchev–Trinajstić information content (AvgIpc) is 2.75. The monoisotopic (exact) mass is 369 g/mol. The molecular formula is C22H19N5O. The second-order valence-electron chi connectivity index (χ2n) is 6.44. The standard InChI is InChI=1S/C22H19N5O/c1-27(14-16-7-3-2-4-8-16)20-13-19(24-15-25-20)22(28)26-18-11-5-9-17-10-6-12-23-21(17)18/h2-13,15H,14H2,1H3,(H,26,28). The SMILES string of the molecule is CN(Cc1ccccc1)c1cc(C(=O)Nc2cccc3cccnc23)ncn1. The number of pyridine rings is 1. The van der Waals surface area contributed by atoms with Crippen LogP contribution in [0.2, 0.25) is 0 Å². The van der Waals surface area contributed by atoms with Crippen molar-refractivity contribution in [3.8, 4) is 0 Å². The summed E-state index contributed by atoms with van der Waals surface area (Å²) >= 11 is 0. The summed E-state index contributed by atoms with van der Waals surface area (Å²) in [6.45, 7) is 0.687. The molecule has 0 saturated carbocycles. The zero-order valence-corrected chi connectivity index (χ0v) is 15.4. The van der Waals surface area contributed by atoms with Crippen LogP contribution in [0.25, 0.3) is 10.9 Å². The van der Waals surface area contributed by atoms with Gasteiger partial charge in [0.1, 0.15) is 17.8 Å². The molecule has 6 nitrogen and oxygen atoms in total. The molecule has 1 amide bonds. The molecule has 0 radical (unpaired) electrons. The summed E-state index contributed by atoms with van der Waals surface area (Å²) in [5, 5.41) is 3.87. The Morgan fingerprint density at radius 3 is 2.64 bits per heavy atom. The molecule has 1 N–H and O–H groups in total. The van der Waals surface area contributed by atoms with Crippen LogP contribution in [-0.4, -0.2) is 27.9 Å². The predicted octanol–water partition coefficient (Wildman–Crippen LogP) is 3.91. The fourth-order valence-electron chi connectivity index (χ4n) is 3.01. The van der Waals surface area contributed by atoms with Crippen LogP contribution in [0.3, 0.4) is 0 Å². The molecule has 0 saturated heterocycles. The fraction of sp³-hybridized carbons (Fsp3) is 0.0909. The van der Waals surface area contributed by atoms with Gasteiger partial charge in [0.25, 0.3) is 5.91 Å². The molecule has 0 aliphatic carbocycles. The van der Waals surface area contributed by atoms with Crippen LogP contribution >= 0.6 is 0 Å². The lowest BCUT2D eigenvalue weighted by Crippen LogP contribution is -2.20. The summed E-state index contributed by atoms with van der Waals surface area (Å²) in [4.78, 5) is 27.5. The van der Waals surface area contributed by atoms with Gasteiger partial charge in [0.2, 0.25) is 0 Å². The summed E-state index contributed by atoms with van der Waals surface area (Å²) in [7, 11) is 1.94. The summed E-state index contributed by atoms with van der Waals surface area (Å²) < 4.78 is 0. The van der Waals surface area contributed by atoms with E-state index in [0.29, 0.717) is 23.7 Å². The lowest BCUT2D eigenvalue weighted by Gasteiger charge is -2.18. The van der Waals surface area contributed by atoms with Crippen molar-refractivity contribution in [2.45, 2.75) is 6.54 Å². The number of amides is 1. The van der Waals surface area contributed by atoms with Crippen molar-refractivity contribution in [3.05, 3.63) is 90.5 Å². The third kappa shape index (κ3) is 3.81. The van der Waals surface area contributed by atoms with E-state index in [9.17, 15) is 4.79 Å². The number of aromatic nitrogens is 3. The Hall–Kier alpha value is -3.80. The first kappa shape index (κ1) is 17.6. The van der Waals surface area contributed by atoms with Crippen molar-refractivity contribution >= 4 is 28.3 Å².